The average molecular weight is 1090 g/mol. The highest BCUT2D eigenvalue weighted by molar-refractivity contribution is 5.79. The third kappa shape index (κ3) is 9.37. The van der Waals surface area contributed by atoms with Crippen LogP contribution in [0.5, 0.6) is 0 Å². The lowest BCUT2D eigenvalue weighted by Crippen LogP contribution is -2.70. The van der Waals surface area contributed by atoms with Crippen LogP contribution in [0, 0.1) is 50.2 Å². The highest BCUT2D eigenvalue weighted by Crippen LogP contribution is 2.76. The Morgan fingerprint density at radius 2 is 1.18 bits per heavy atom. The van der Waals surface area contributed by atoms with E-state index in [4.69, 9.17) is 37.9 Å². The van der Waals surface area contributed by atoms with Gasteiger partial charge in [-0.2, -0.15) is 0 Å². The number of esters is 1. The average Bonchev–Trinajstić information content (AvgIpc) is 3.44. The molecule has 76 heavy (non-hydrogen) atoms. The Hall–Kier alpha value is -1.63. The van der Waals surface area contributed by atoms with Gasteiger partial charge in [-0.25, -0.2) is 0 Å². The van der Waals surface area contributed by atoms with Crippen LogP contribution < -0.4 is 0 Å². The number of carbonyl (C=O) groups excluding carboxylic acids is 1. The van der Waals surface area contributed by atoms with Crippen molar-refractivity contribution in [2.24, 2.45) is 50.2 Å². The van der Waals surface area contributed by atoms with Gasteiger partial charge in [-0.05, 0) is 104 Å². The fraction of sp³-hybridized carbons (Fsp3) is 0.943. The maximum Gasteiger partial charge on any atom is 0.315 e. The van der Waals surface area contributed by atoms with Crippen LogP contribution in [0.2, 0.25) is 0 Å². The van der Waals surface area contributed by atoms with Crippen molar-refractivity contribution in [3.05, 3.63) is 11.6 Å². The lowest BCUT2D eigenvalue weighted by molar-refractivity contribution is -0.384. The van der Waals surface area contributed by atoms with Gasteiger partial charge in [0.05, 0.1) is 50.2 Å². The normalized spacial score (nSPS) is 55.2. The second-order valence-electron chi connectivity index (χ2n) is 25.8. The van der Waals surface area contributed by atoms with E-state index in [2.05, 4.69) is 40.7 Å². The highest BCUT2D eigenvalue weighted by Gasteiger charge is 2.72. The number of hydrogen-bond acceptors (Lipinski definition) is 23. The van der Waals surface area contributed by atoms with E-state index in [-0.39, 0.29) is 36.2 Å². The summed E-state index contributed by atoms with van der Waals surface area (Å²) in [5.41, 5.74) is -2.73. The van der Waals surface area contributed by atoms with Crippen LogP contribution in [-0.4, -0.2) is 233 Å². The van der Waals surface area contributed by atoms with E-state index < -0.39 is 182 Å². The van der Waals surface area contributed by atoms with E-state index in [0.717, 1.165) is 5.57 Å². The number of aliphatic hydroxyl groups is 14. The number of fused-ring (bicyclic) bond motifs is 7. The first-order chi connectivity index (χ1) is 35.6. The van der Waals surface area contributed by atoms with E-state index in [9.17, 15) is 71.5 Å². The van der Waals surface area contributed by atoms with Gasteiger partial charge in [-0.3, -0.25) is 4.79 Å². The second kappa shape index (κ2) is 21.3. The van der Waals surface area contributed by atoms with Crippen LogP contribution in [0.1, 0.15) is 106 Å². The number of hydrogen-bond donors (Lipinski definition) is 14. The predicted octanol–water partition coefficient (Wildman–Crippen LogP) is -2.43. The predicted molar refractivity (Wildman–Crippen MR) is 258 cm³/mol. The fourth-order valence-corrected chi connectivity index (χ4v) is 16.3. The van der Waals surface area contributed by atoms with E-state index in [1.165, 1.54) is 6.92 Å². The van der Waals surface area contributed by atoms with Gasteiger partial charge in [-0.1, -0.05) is 53.2 Å². The Balaban J connectivity index is 0.981. The molecule has 23 nitrogen and oxygen atoms in total. The smallest absolute Gasteiger partial charge is 0.315 e. The summed E-state index contributed by atoms with van der Waals surface area (Å²) in [6.45, 7) is 12.0. The van der Waals surface area contributed by atoms with Gasteiger partial charge in [-0.15, -0.1) is 0 Å². The summed E-state index contributed by atoms with van der Waals surface area (Å²) in [6, 6.07) is 0. The Kier molecular flexibility index (Phi) is 16.5. The Labute approximate surface area is 442 Å². The van der Waals surface area contributed by atoms with E-state index in [0.29, 0.717) is 51.4 Å². The minimum absolute atomic E-state index is 0.0601. The summed E-state index contributed by atoms with van der Waals surface area (Å²) in [7, 11) is 0. The molecule has 0 radical (unpaired) electrons. The lowest BCUT2D eigenvalue weighted by atomic mass is 9.33. The Morgan fingerprint density at radius 3 is 1.82 bits per heavy atom. The number of allylic oxidation sites excluding steroid dienone is 2. The summed E-state index contributed by atoms with van der Waals surface area (Å²) < 4.78 is 47.9. The standard InChI is InChI=1S/C53H86O23/c1-22-31(59)35(63)38(66)43(70-22)73-40-32(60)26(58)20-69-45(40)76-47(68)53-14-12-48(2,3)16-24(53)23-8-9-30-49(4)17-25(57)42(50(5,21-56)29(49)10-11-52(30,7)51(23,6)13-15-53)75-46-41(37(65)34(62)28(19-55)72-46)74-44-39(67)36(64)33(61)27(18-54)71-44/h8,22,24-46,54-67H,9-21H2,1-7H3/t22-,24-,25-,26-,27+,28+,29+,30+,31-,32-,33+,34+,35+,36-,37-,38+,39+,40+,41+,42-,43-,44-,45-,46-,49-,50-,51+,52+,53-/m0/s1. The SMILES string of the molecule is C[C@@H]1O[C@@H](O[C@H]2[C@H](OC(=O)[C@]34CCC(C)(C)C[C@H]3C3=CC[C@@H]5[C@@]6(C)C[C@H](O)[C@H](O[C@@H]7O[C@H](CO)[C@@H](O)[C@H](O)[C@H]7O[C@@H]7O[C@H](CO)[C@@H](O)[C@H](O)[C@H]7O)[C@@](C)(CO)[C@@H]6CC[C@@]5(C)[C@]3(C)CC4)OC[C@H](O)[C@@H]2O)[C@H](O)[C@H](O)[C@H]1O. The molecule has 23 heteroatoms. The summed E-state index contributed by atoms with van der Waals surface area (Å²) in [5.74, 6) is -1.18. The monoisotopic (exact) mass is 1090 g/mol. The summed E-state index contributed by atoms with van der Waals surface area (Å²) >= 11 is 0. The van der Waals surface area contributed by atoms with Gasteiger partial charge >= 0.3 is 5.97 Å². The molecule has 14 N–H and O–H groups in total. The molecule has 4 saturated carbocycles. The molecule has 0 spiro atoms. The maximum atomic E-state index is 15.2. The molecule has 0 unspecified atom stereocenters. The van der Waals surface area contributed by atoms with Gasteiger partial charge in [0.25, 0.3) is 0 Å². The van der Waals surface area contributed by atoms with Crippen molar-refractivity contribution < 1.29 is 114 Å². The van der Waals surface area contributed by atoms with Gasteiger partial charge in [0.1, 0.15) is 79.4 Å². The molecule has 0 bridgehead atoms. The number of aliphatic hydroxyl groups excluding tert-OH is 14. The van der Waals surface area contributed by atoms with Crippen molar-refractivity contribution in [3.63, 3.8) is 0 Å². The van der Waals surface area contributed by atoms with Crippen LogP contribution in [-0.2, 0) is 42.7 Å². The van der Waals surface area contributed by atoms with Gasteiger partial charge in [0.15, 0.2) is 25.0 Å². The molecule has 0 aromatic rings. The lowest BCUT2D eigenvalue weighted by Gasteiger charge is -2.72. The molecule has 5 aliphatic carbocycles. The third-order valence-electron chi connectivity index (χ3n) is 21.1. The van der Waals surface area contributed by atoms with Crippen molar-refractivity contribution in [1.29, 1.82) is 0 Å². The van der Waals surface area contributed by atoms with Gasteiger partial charge in [0, 0.05) is 5.41 Å². The molecule has 8 fully saturated rings. The van der Waals surface area contributed by atoms with Crippen molar-refractivity contribution in [2.45, 2.75) is 235 Å². The summed E-state index contributed by atoms with van der Waals surface area (Å²) in [5, 5.41) is 152. The van der Waals surface area contributed by atoms with Crippen LogP contribution >= 0.6 is 0 Å². The molecule has 436 valence electrons. The first kappa shape index (κ1) is 59.0. The van der Waals surface area contributed by atoms with Crippen molar-refractivity contribution in [1.82, 2.24) is 0 Å². The minimum atomic E-state index is -1.89. The van der Waals surface area contributed by atoms with E-state index in [1.807, 2.05) is 6.92 Å². The zero-order chi connectivity index (χ0) is 55.6. The molecule has 0 aromatic heterocycles. The van der Waals surface area contributed by atoms with Crippen molar-refractivity contribution >= 4 is 5.97 Å². The minimum Gasteiger partial charge on any atom is -0.432 e. The third-order valence-corrected chi connectivity index (χ3v) is 21.1. The zero-order valence-electron chi connectivity index (χ0n) is 44.6. The van der Waals surface area contributed by atoms with Crippen LogP contribution in [0.15, 0.2) is 11.6 Å². The number of rotatable bonds is 11. The highest BCUT2D eigenvalue weighted by atomic mass is 16.8. The molecule has 4 aliphatic heterocycles. The fourth-order valence-electron chi connectivity index (χ4n) is 16.3. The Bertz CT molecular complexity index is 2100. The van der Waals surface area contributed by atoms with Crippen LogP contribution in [0.25, 0.3) is 0 Å². The summed E-state index contributed by atoms with van der Waals surface area (Å²) in [4.78, 5) is 15.2. The molecular weight excluding hydrogens is 1000 g/mol. The first-order valence-electron chi connectivity index (χ1n) is 27.4. The maximum absolute atomic E-state index is 15.2. The van der Waals surface area contributed by atoms with Crippen LogP contribution in [0.3, 0.4) is 0 Å². The summed E-state index contributed by atoms with van der Waals surface area (Å²) in [6.07, 6.45) is -25.7. The molecule has 4 heterocycles. The Morgan fingerprint density at radius 1 is 0.605 bits per heavy atom. The van der Waals surface area contributed by atoms with Gasteiger partial charge < -0.3 is 109 Å². The van der Waals surface area contributed by atoms with Gasteiger partial charge in [0.2, 0.25) is 6.29 Å². The second-order valence-corrected chi connectivity index (χ2v) is 25.8. The quantitative estimate of drug-likeness (QED) is 0.0581. The molecular formula is C53H86O23. The zero-order valence-corrected chi connectivity index (χ0v) is 44.6. The number of ether oxygens (including phenoxy) is 8. The first-order valence-corrected chi connectivity index (χ1v) is 27.4. The molecule has 29 atom stereocenters. The van der Waals surface area contributed by atoms with E-state index >= 15 is 4.79 Å². The van der Waals surface area contributed by atoms with Crippen molar-refractivity contribution in [2.75, 3.05) is 26.4 Å². The topological polar surface area (TPSA) is 374 Å². The van der Waals surface area contributed by atoms with E-state index in [1.54, 1.807) is 0 Å². The number of carbonyl (C=O) groups is 1. The largest absolute Gasteiger partial charge is 0.432 e. The molecule has 0 aromatic carbocycles. The molecule has 4 saturated heterocycles. The molecule has 9 aliphatic rings. The van der Waals surface area contributed by atoms with Crippen LogP contribution in [0.4, 0.5) is 0 Å². The van der Waals surface area contributed by atoms with Crippen molar-refractivity contribution in [3.8, 4) is 0 Å². The molecule has 9 rings (SSSR count). The molecule has 0 amide bonds.